The summed E-state index contributed by atoms with van der Waals surface area (Å²) < 4.78 is 6.93. The molecule has 0 unspecified atom stereocenters. The van der Waals surface area contributed by atoms with Crippen LogP contribution in [0, 0.1) is 0 Å². The molecule has 0 aliphatic carbocycles. The Bertz CT molecular complexity index is 784. The SMILES string of the molecule is COc1ccc(CNc2nc(SC)nc3c2cnn3C)cc1. The molecule has 22 heavy (non-hydrogen) atoms. The van der Waals surface area contributed by atoms with Gasteiger partial charge in [-0.2, -0.15) is 5.10 Å². The minimum Gasteiger partial charge on any atom is -0.497 e. The van der Waals surface area contributed by atoms with E-state index in [4.69, 9.17) is 4.74 Å². The van der Waals surface area contributed by atoms with E-state index in [0.717, 1.165) is 33.3 Å². The van der Waals surface area contributed by atoms with Gasteiger partial charge in [0.1, 0.15) is 11.6 Å². The first kappa shape index (κ1) is 14.6. The number of hydrogen-bond donors (Lipinski definition) is 1. The van der Waals surface area contributed by atoms with Crippen LogP contribution in [0.3, 0.4) is 0 Å². The average Bonchev–Trinajstić information content (AvgIpc) is 2.94. The number of aromatic nitrogens is 4. The van der Waals surface area contributed by atoms with Crippen LogP contribution in [0.2, 0.25) is 0 Å². The van der Waals surface area contributed by atoms with E-state index in [0.29, 0.717) is 6.54 Å². The summed E-state index contributed by atoms with van der Waals surface area (Å²) in [5.74, 6) is 1.66. The van der Waals surface area contributed by atoms with Gasteiger partial charge in [0.15, 0.2) is 10.8 Å². The number of nitrogens with one attached hydrogen (secondary N) is 1. The van der Waals surface area contributed by atoms with Crippen molar-refractivity contribution in [2.24, 2.45) is 7.05 Å². The molecular formula is C15H17N5OS. The van der Waals surface area contributed by atoms with E-state index in [-0.39, 0.29) is 0 Å². The van der Waals surface area contributed by atoms with Crippen molar-refractivity contribution in [3.63, 3.8) is 0 Å². The zero-order valence-electron chi connectivity index (χ0n) is 12.7. The monoisotopic (exact) mass is 315 g/mol. The minimum atomic E-state index is 0.679. The molecule has 0 fully saturated rings. The highest BCUT2D eigenvalue weighted by molar-refractivity contribution is 7.98. The maximum atomic E-state index is 5.17. The van der Waals surface area contributed by atoms with Gasteiger partial charge in [-0.1, -0.05) is 23.9 Å². The number of anilines is 1. The third-order valence-corrected chi connectivity index (χ3v) is 3.92. The van der Waals surface area contributed by atoms with Crippen LogP contribution in [0.5, 0.6) is 5.75 Å². The van der Waals surface area contributed by atoms with Crippen molar-refractivity contribution in [1.29, 1.82) is 0 Å². The van der Waals surface area contributed by atoms with Gasteiger partial charge in [-0.05, 0) is 24.0 Å². The minimum absolute atomic E-state index is 0.679. The molecule has 0 saturated heterocycles. The van der Waals surface area contributed by atoms with Gasteiger partial charge in [0.25, 0.3) is 0 Å². The van der Waals surface area contributed by atoms with Crippen molar-refractivity contribution < 1.29 is 4.74 Å². The Morgan fingerprint density at radius 1 is 1.23 bits per heavy atom. The molecule has 1 aromatic carbocycles. The van der Waals surface area contributed by atoms with Crippen molar-refractivity contribution in [3.8, 4) is 5.75 Å². The van der Waals surface area contributed by atoms with Gasteiger partial charge in [0, 0.05) is 13.6 Å². The van der Waals surface area contributed by atoms with Crippen LogP contribution >= 0.6 is 11.8 Å². The lowest BCUT2D eigenvalue weighted by atomic mass is 10.2. The maximum absolute atomic E-state index is 5.17. The predicted octanol–water partition coefficient (Wildman–Crippen LogP) is 2.71. The van der Waals surface area contributed by atoms with Crippen LogP contribution in [0.1, 0.15) is 5.56 Å². The van der Waals surface area contributed by atoms with E-state index < -0.39 is 0 Å². The van der Waals surface area contributed by atoms with Gasteiger partial charge in [-0.15, -0.1) is 0 Å². The lowest BCUT2D eigenvalue weighted by Gasteiger charge is -2.09. The number of thioether (sulfide) groups is 1. The van der Waals surface area contributed by atoms with Gasteiger partial charge in [-0.3, -0.25) is 4.68 Å². The first-order valence-electron chi connectivity index (χ1n) is 6.82. The molecule has 114 valence electrons. The fourth-order valence-electron chi connectivity index (χ4n) is 2.16. The number of ether oxygens (including phenoxy) is 1. The second-order valence-corrected chi connectivity index (χ2v) is 5.54. The fraction of sp³-hybridized carbons (Fsp3) is 0.267. The molecule has 2 heterocycles. The zero-order valence-corrected chi connectivity index (χ0v) is 13.5. The van der Waals surface area contributed by atoms with Crippen molar-refractivity contribution >= 4 is 28.6 Å². The summed E-state index contributed by atoms with van der Waals surface area (Å²) in [6.07, 6.45) is 3.75. The van der Waals surface area contributed by atoms with Crippen LogP contribution in [-0.4, -0.2) is 33.1 Å². The zero-order chi connectivity index (χ0) is 15.5. The van der Waals surface area contributed by atoms with Crippen LogP contribution in [0.4, 0.5) is 5.82 Å². The van der Waals surface area contributed by atoms with E-state index in [1.54, 1.807) is 18.0 Å². The van der Waals surface area contributed by atoms with Crippen molar-refractivity contribution in [2.45, 2.75) is 11.7 Å². The summed E-state index contributed by atoms with van der Waals surface area (Å²) >= 11 is 1.52. The summed E-state index contributed by atoms with van der Waals surface area (Å²) in [4.78, 5) is 9.03. The van der Waals surface area contributed by atoms with E-state index in [1.165, 1.54) is 11.8 Å². The molecule has 3 aromatic rings. The molecular weight excluding hydrogens is 298 g/mol. The number of rotatable bonds is 5. The van der Waals surface area contributed by atoms with Gasteiger partial charge in [0.2, 0.25) is 0 Å². The van der Waals surface area contributed by atoms with E-state index >= 15 is 0 Å². The molecule has 0 spiro atoms. The molecule has 0 aliphatic rings. The Hall–Kier alpha value is -2.28. The molecule has 6 nitrogen and oxygen atoms in total. The van der Waals surface area contributed by atoms with Crippen LogP contribution in [0.25, 0.3) is 11.0 Å². The Balaban J connectivity index is 1.86. The number of fused-ring (bicyclic) bond motifs is 1. The first-order valence-corrected chi connectivity index (χ1v) is 8.04. The third kappa shape index (κ3) is 2.85. The van der Waals surface area contributed by atoms with E-state index in [2.05, 4.69) is 20.4 Å². The summed E-state index contributed by atoms with van der Waals surface area (Å²) in [5.41, 5.74) is 1.98. The highest BCUT2D eigenvalue weighted by atomic mass is 32.2. The van der Waals surface area contributed by atoms with Gasteiger partial charge in [0.05, 0.1) is 18.7 Å². The lowest BCUT2D eigenvalue weighted by Crippen LogP contribution is -2.04. The maximum Gasteiger partial charge on any atom is 0.191 e. The number of hydrogen-bond acceptors (Lipinski definition) is 6. The normalized spacial score (nSPS) is 10.9. The van der Waals surface area contributed by atoms with Crippen LogP contribution < -0.4 is 10.1 Å². The third-order valence-electron chi connectivity index (χ3n) is 3.37. The topological polar surface area (TPSA) is 64.9 Å². The number of aryl methyl sites for hydroxylation is 1. The summed E-state index contributed by atoms with van der Waals surface area (Å²) in [7, 11) is 3.55. The highest BCUT2D eigenvalue weighted by Crippen LogP contribution is 2.23. The van der Waals surface area contributed by atoms with Gasteiger partial charge in [-0.25, -0.2) is 9.97 Å². The molecule has 0 aliphatic heterocycles. The Kier molecular flexibility index (Phi) is 4.15. The molecule has 1 N–H and O–H groups in total. The van der Waals surface area contributed by atoms with Gasteiger partial charge < -0.3 is 10.1 Å². The van der Waals surface area contributed by atoms with E-state index in [1.807, 2.05) is 37.6 Å². The summed E-state index contributed by atoms with van der Waals surface area (Å²) in [6.45, 7) is 0.679. The molecule has 0 radical (unpaired) electrons. The Labute approximate surface area is 132 Å². The molecule has 2 aromatic heterocycles. The van der Waals surface area contributed by atoms with Gasteiger partial charge >= 0.3 is 0 Å². The number of nitrogens with zero attached hydrogens (tertiary/aromatic N) is 4. The molecule has 0 amide bonds. The molecule has 3 rings (SSSR count). The van der Waals surface area contributed by atoms with Crippen molar-refractivity contribution in [1.82, 2.24) is 19.7 Å². The molecule has 0 atom stereocenters. The fourth-order valence-corrected chi connectivity index (χ4v) is 2.52. The summed E-state index contributed by atoms with van der Waals surface area (Å²) in [6, 6.07) is 7.96. The predicted molar refractivity (Wildman–Crippen MR) is 88.4 cm³/mol. The average molecular weight is 315 g/mol. The van der Waals surface area contributed by atoms with Crippen molar-refractivity contribution in [2.75, 3.05) is 18.7 Å². The smallest absolute Gasteiger partial charge is 0.191 e. The van der Waals surface area contributed by atoms with Crippen molar-refractivity contribution in [3.05, 3.63) is 36.0 Å². The Morgan fingerprint density at radius 3 is 2.68 bits per heavy atom. The Morgan fingerprint density at radius 2 is 2.00 bits per heavy atom. The van der Waals surface area contributed by atoms with E-state index in [9.17, 15) is 0 Å². The second kappa shape index (κ2) is 6.23. The second-order valence-electron chi connectivity index (χ2n) is 4.77. The molecule has 7 heteroatoms. The number of benzene rings is 1. The number of methoxy groups -OCH3 is 1. The van der Waals surface area contributed by atoms with Crippen LogP contribution in [-0.2, 0) is 13.6 Å². The first-order chi connectivity index (χ1) is 10.7. The standard InChI is InChI=1S/C15H17N5OS/c1-20-14-12(9-17-20)13(18-15(19-14)22-3)16-8-10-4-6-11(21-2)7-5-10/h4-7,9H,8H2,1-3H3,(H,16,18,19). The summed E-state index contributed by atoms with van der Waals surface area (Å²) in [5, 5.41) is 9.28. The highest BCUT2D eigenvalue weighted by Gasteiger charge is 2.11. The molecule has 0 bridgehead atoms. The largest absolute Gasteiger partial charge is 0.497 e. The van der Waals surface area contributed by atoms with Crippen LogP contribution in [0.15, 0.2) is 35.6 Å². The quantitative estimate of drug-likeness (QED) is 0.577. The lowest BCUT2D eigenvalue weighted by molar-refractivity contribution is 0.414. The molecule has 0 saturated carbocycles.